The summed E-state index contributed by atoms with van der Waals surface area (Å²) in [5.74, 6) is 0.589. The summed E-state index contributed by atoms with van der Waals surface area (Å²) in [6.07, 6.45) is 1.59. The molecule has 8 heteroatoms. The van der Waals surface area contributed by atoms with Gasteiger partial charge in [0.1, 0.15) is 0 Å². The number of aromatic amines is 1. The summed E-state index contributed by atoms with van der Waals surface area (Å²) in [4.78, 5) is 25.4. The zero-order chi connectivity index (χ0) is 18.3. The van der Waals surface area contributed by atoms with Crippen LogP contribution in [0.5, 0.6) is 0 Å². The van der Waals surface area contributed by atoms with Gasteiger partial charge in [-0.3, -0.25) is 14.8 Å². The van der Waals surface area contributed by atoms with E-state index in [9.17, 15) is 9.59 Å². The number of carbonyl (C=O) groups is 2. The largest absolute Gasteiger partial charge is 0.434 e. The van der Waals surface area contributed by atoms with E-state index in [0.29, 0.717) is 0 Å². The van der Waals surface area contributed by atoms with Gasteiger partial charge >= 0.3 is 6.09 Å². The minimum absolute atomic E-state index is 0.219. The summed E-state index contributed by atoms with van der Waals surface area (Å²) >= 11 is 0. The molecule has 0 saturated carbocycles. The summed E-state index contributed by atoms with van der Waals surface area (Å²) < 4.78 is 5.17. The minimum Gasteiger partial charge on any atom is -0.434 e. The van der Waals surface area contributed by atoms with Gasteiger partial charge in [-0.25, -0.2) is 4.79 Å². The summed E-state index contributed by atoms with van der Waals surface area (Å²) in [6.45, 7) is 0.219. The topological polar surface area (TPSA) is 99.4 Å². The average molecular weight is 355 g/mol. The molecule has 2 heterocycles. The van der Waals surface area contributed by atoms with E-state index in [2.05, 4.69) is 20.8 Å². The maximum absolute atomic E-state index is 12.2. The molecule has 1 atom stereocenters. The van der Waals surface area contributed by atoms with Gasteiger partial charge in [0.25, 0.3) is 5.91 Å². The van der Waals surface area contributed by atoms with Crippen LogP contribution >= 0.6 is 0 Å². The number of aryl methyl sites for hydroxylation is 1. The van der Waals surface area contributed by atoms with E-state index in [1.165, 1.54) is 17.5 Å². The molecular formula is C18H21N5O3. The third-order valence-electron chi connectivity index (χ3n) is 5.00. The molecule has 1 aliphatic heterocycles. The van der Waals surface area contributed by atoms with Crippen molar-refractivity contribution in [1.82, 2.24) is 15.5 Å². The van der Waals surface area contributed by atoms with E-state index in [4.69, 9.17) is 4.74 Å². The van der Waals surface area contributed by atoms with E-state index >= 15 is 0 Å². The third kappa shape index (κ3) is 2.58. The number of H-pyrrole nitrogens is 1. The number of ether oxygens (including phenoxy) is 1. The first-order valence-electron chi connectivity index (χ1n) is 8.70. The molecule has 4 rings (SSSR count). The third-order valence-corrected chi connectivity index (χ3v) is 5.00. The Morgan fingerprint density at radius 2 is 2.19 bits per heavy atom. The number of likely N-dealkylation sites (N-methyl/N-ethyl adjacent to an activating group) is 1. The molecular weight excluding hydrogens is 334 g/mol. The molecule has 1 saturated heterocycles. The number of rotatable bonds is 3. The van der Waals surface area contributed by atoms with Crippen molar-refractivity contribution in [3.8, 4) is 11.3 Å². The minimum atomic E-state index is -0.774. The van der Waals surface area contributed by atoms with Crippen LogP contribution in [0.15, 0.2) is 18.2 Å². The molecule has 0 unspecified atom stereocenters. The summed E-state index contributed by atoms with van der Waals surface area (Å²) in [5.41, 5.74) is 5.23. The highest BCUT2D eigenvalue weighted by atomic mass is 16.6. The monoisotopic (exact) mass is 355 g/mol. The Labute approximate surface area is 150 Å². The molecule has 136 valence electrons. The van der Waals surface area contributed by atoms with Crippen LogP contribution in [-0.4, -0.2) is 48.9 Å². The van der Waals surface area contributed by atoms with Crippen molar-refractivity contribution in [2.75, 3.05) is 30.9 Å². The number of hydrogen-bond donors (Lipinski definition) is 3. The fourth-order valence-corrected chi connectivity index (χ4v) is 3.66. The highest BCUT2D eigenvalue weighted by Gasteiger charge is 2.36. The number of carbonyl (C=O) groups excluding carboxylic acids is 2. The Morgan fingerprint density at radius 3 is 2.96 bits per heavy atom. The van der Waals surface area contributed by atoms with Gasteiger partial charge in [-0.2, -0.15) is 5.10 Å². The van der Waals surface area contributed by atoms with Crippen molar-refractivity contribution in [2.45, 2.75) is 25.4 Å². The van der Waals surface area contributed by atoms with Gasteiger partial charge in [0, 0.05) is 30.9 Å². The SMILES string of the molecule is CNC(=O)[C@H]1CN(c2ccc3c(c2)CCCc2c(NC)n[nH]c2-3)C(=O)O1. The number of cyclic esters (lactones) is 1. The molecule has 2 aliphatic rings. The molecule has 1 aliphatic carbocycles. The number of amides is 2. The lowest BCUT2D eigenvalue weighted by molar-refractivity contribution is -0.127. The number of aromatic nitrogens is 2. The van der Waals surface area contributed by atoms with E-state index in [-0.39, 0.29) is 12.5 Å². The molecule has 1 aromatic carbocycles. The molecule has 0 spiro atoms. The van der Waals surface area contributed by atoms with Gasteiger partial charge in [0.15, 0.2) is 11.9 Å². The lowest BCUT2D eigenvalue weighted by Gasteiger charge is -2.16. The fraction of sp³-hybridized carbons (Fsp3) is 0.389. The summed E-state index contributed by atoms with van der Waals surface area (Å²) in [7, 11) is 3.40. The Balaban J connectivity index is 1.67. The molecule has 0 bridgehead atoms. The first kappa shape index (κ1) is 16.4. The van der Waals surface area contributed by atoms with Gasteiger partial charge in [-0.05, 0) is 37.0 Å². The molecule has 1 aromatic heterocycles. The first-order chi connectivity index (χ1) is 12.6. The van der Waals surface area contributed by atoms with Crippen molar-refractivity contribution < 1.29 is 14.3 Å². The smallest absolute Gasteiger partial charge is 0.415 e. The lowest BCUT2D eigenvalue weighted by atomic mass is 10.0. The Kier molecular flexibility index (Phi) is 4.02. The first-order valence-corrected chi connectivity index (χ1v) is 8.70. The van der Waals surface area contributed by atoms with E-state index in [0.717, 1.165) is 47.6 Å². The second kappa shape index (κ2) is 6.36. The Bertz CT molecular complexity index is 876. The van der Waals surface area contributed by atoms with Crippen LogP contribution in [0.25, 0.3) is 11.3 Å². The Hall–Kier alpha value is -3.03. The number of nitrogens with one attached hydrogen (secondary N) is 3. The zero-order valence-corrected chi connectivity index (χ0v) is 14.8. The van der Waals surface area contributed by atoms with Crippen molar-refractivity contribution >= 4 is 23.5 Å². The molecule has 8 nitrogen and oxygen atoms in total. The Morgan fingerprint density at radius 1 is 1.35 bits per heavy atom. The quantitative estimate of drug-likeness (QED) is 0.778. The van der Waals surface area contributed by atoms with Crippen LogP contribution < -0.4 is 15.5 Å². The van der Waals surface area contributed by atoms with Crippen LogP contribution in [0, 0.1) is 0 Å². The predicted octanol–water partition coefficient (Wildman–Crippen LogP) is 1.68. The fourth-order valence-electron chi connectivity index (χ4n) is 3.66. The molecule has 1 fully saturated rings. The maximum atomic E-state index is 12.2. The summed E-state index contributed by atoms with van der Waals surface area (Å²) in [6, 6.07) is 5.91. The average Bonchev–Trinajstić information content (AvgIpc) is 3.19. The number of nitrogens with zero attached hydrogens (tertiary/aromatic N) is 2. The predicted molar refractivity (Wildman–Crippen MR) is 97.3 cm³/mol. The number of anilines is 2. The van der Waals surface area contributed by atoms with Gasteiger partial charge in [0.05, 0.1) is 12.2 Å². The molecule has 2 aromatic rings. The lowest BCUT2D eigenvalue weighted by Crippen LogP contribution is -2.35. The molecule has 3 N–H and O–H groups in total. The van der Waals surface area contributed by atoms with Crippen LogP contribution in [0.2, 0.25) is 0 Å². The van der Waals surface area contributed by atoms with Crippen LogP contribution in [0.4, 0.5) is 16.3 Å². The van der Waals surface area contributed by atoms with Gasteiger partial charge in [-0.15, -0.1) is 0 Å². The van der Waals surface area contributed by atoms with Crippen LogP contribution in [-0.2, 0) is 22.4 Å². The van der Waals surface area contributed by atoms with Crippen molar-refractivity contribution in [3.63, 3.8) is 0 Å². The van der Waals surface area contributed by atoms with Crippen LogP contribution in [0.3, 0.4) is 0 Å². The maximum Gasteiger partial charge on any atom is 0.415 e. The van der Waals surface area contributed by atoms with Gasteiger partial charge < -0.3 is 15.4 Å². The number of fused-ring (bicyclic) bond motifs is 3. The van der Waals surface area contributed by atoms with E-state index in [1.807, 2.05) is 25.2 Å². The highest BCUT2D eigenvalue weighted by molar-refractivity contribution is 5.96. The molecule has 2 amide bonds. The second-order valence-electron chi connectivity index (χ2n) is 6.47. The molecule has 26 heavy (non-hydrogen) atoms. The van der Waals surface area contributed by atoms with Crippen molar-refractivity contribution in [3.05, 3.63) is 29.3 Å². The second-order valence-corrected chi connectivity index (χ2v) is 6.47. The van der Waals surface area contributed by atoms with Gasteiger partial charge in [-0.1, -0.05) is 6.07 Å². The van der Waals surface area contributed by atoms with Crippen molar-refractivity contribution in [1.29, 1.82) is 0 Å². The zero-order valence-electron chi connectivity index (χ0n) is 14.8. The standard InChI is InChI=1S/C18H21N5O3/c1-19-16-13-5-3-4-10-8-11(6-7-12(10)15(13)21-22-16)23-9-14(17(24)20-2)26-18(23)25/h6-8,14H,3-5,9H2,1-2H3,(H,20,24)(H2,19,21,22)/t14-/m1/s1. The van der Waals surface area contributed by atoms with Gasteiger partial charge in [0.2, 0.25) is 0 Å². The normalized spacial score (nSPS) is 18.6. The van der Waals surface area contributed by atoms with Crippen LogP contribution in [0.1, 0.15) is 17.5 Å². The highest BCUT2D eigenvalue weighted by Crippen LogP contribution is 2.36. The van der Waals surface area contributed by atoms with Crippen molar-refractivity contribution in [2.24, 2.45) is 0 Å². The summed E-state index contributed by atoms with van der Waals surface area (Å²) in [5, 5.41) is 13.1. The number of benzene rings is 1. The number of hydrogen-bond acceptors (Lipinski definition) is 5. The molecule has 0 radical (unpaired) electrons. The van der Waals surface area contributed by atoms with E-state index < -0.39 is 12.2 Å². The van der Waals surface area contributed by atoms with E-state index in [1.54, 1.807) is 0 Å².